The van der Waals surface area contributed by atoms with E-state index in [4.69, 9.17) is 16.3 Å². The Morgan fingerprint density at radius 2 is 1.62 bits per heavy atom. The molecule has 1 heterocycles. The number of ether oxygens (including phenoxy) is 1. The van der Waals surface area contributed by atoms with Crippen molar-refractivity contribution in [3.63, 3.8) is 0 Å². The van der Waals surface area contributed by atoms with E-state index in [0.29, 0.717) is 11.6 Å². The van der Waals surface area contributed by atoms with Crippen LogP contribution in [0.15, 0.2) is 85.1 Å². The van der Waals surface area contributed by atoms with Crippen molar-refractivity contribution in [1.29, 1.82) is 0 Å². The number of rotatable bonds is 8. The van der Waals surface area contributed by atoms with Crippen LogP contribution in [-0.4, -0.2) is 29.6 Å². The number of H-pyrrole nitrogens is 1. The first kappa shape index (κ1) is 23.4. The quantitative estimate of drug-likeness (QED) is 0.334. The minimum atomic E-state index is -1.30. The Balaban J connectivity index is 1.73. The molecule has 7 heteroatoms. The zero-order valence-electron chi connectivity index (χ0n) is 18.8. The fourth-order valence-electron chi connectivity index (χ4n) is 4.12. The molecule has 0 aliphatic heterocycles. The van der Waals surface area contributed by atoms with Gasteiger partial charge in [0.15, 0.2) is 0 Å². The number of nitrogens with one attached hydrogen (secondary N) is 3. The number of hydrogen-bond donors (Lipinski definition) is 3. The number of amides is 2. The summed E-state index contributed by atoms with van der Waals surface area (Å²) >= 11 is 6.08. The number of benzene rings is 3. The van der Waals surface area contributed by atoms with Crippen molar-refractivity contribution >= 4 is 34.5 Å². The van der Waals surface area contributed by atoms with Gasteiger partial charge < -0.3 is 20.4 Å². The van der Waals surface area contributed by atoms with Gasteiger partial charge in [-0.1, -0.05) is 72.3 Å². The summed E-state index contributed by atoms with van der Waals surface area (Å²) in [6, 6.07) is 24.8. The van der Waals surface area contributed by atoms with Crippen LogP contribution in [0.25, 0.3) is 10.9 Å². The molecule has 0 aliphatic carbocycles. The lowest BCUT2D eigenvalue weighted by molar-refractivity contribution is -0.127. The largest absolute Gasteiger partial charge is 0.453 e. The highest BCUT2D eigenvalue weighted by molar-refractivity contribution is 6.30. The predicted molar refractivity (Wildman–Crippen MR) is 134 cm³/mol. The van der Waals surface area contributed by atoms with E-state index in [1.807, 2.05) is 72.9 Å². The Labute approximate surface area is 203 Å². The third-order valence-corrected chi connectivity index (χ3v) is 6.10. The summed E-state index contributed by atoms with van der Waals surface area (Å²) in [6.07, 6.45) is 1.71. The SMILES string of the molecule is COC(=O)N[C@@](Cc1ccc(Cl)cc1)(Cc1c[nH]c2ccccc12)C(=O)NCc1ccccc1. The molecule has 0 spiro atoms. The molecule has 1 atom stereocenters. The summed E-state index contributed by atoms with van der Waals surface area (Å²) in [5.74, 6) is -0.304. The summed E-state index contributed by atoms with van der Waals surface area (Å²) < 4.78 is 4.92. The fourth-order valence-corrected chi connectivity index (χ4v) is 4.24. The highest BCUT2D eigenvalue weighted by Gasteiger charge is 2.41. The molecule has 2 amide bonds. The molecule has 174 valence electrons. The zero-order valence-corrected chi connectivity index (χ0v) is 19.6. The average Bonchev–Trinajstić information content (AvgIpc) is 3.27. The number of alkyl carbamates (subject to hydrolysis) is 1. The van der Waals surface area contributed by atoms with Crippen molar-refractivity contribution < 1.29 is 14.3 Å². The Morgan fingerprint density at radius 1 is 0.912 bits per heavy atom. The number of hydrogen-bond acceptors (Lipinski definition) is 3. The average molecular weight is 476 g/mol. The minimum absolute atomic E-state index is 0.249. The Bertz CT molecular complexity index is 1270. The predicted octanol–water partition coefficient (Wildman–Crippen LogP) is 5.02. The first-order chi connectivity index (χ1) is 16.5. The number of aromatic nitrogens is 1. The maximum atomic E-state index is 13.8. The second-order valence-corrected chi connectivity index (χ2v) is 8.64. The van der Waals surface area contributed by atoms with Crippen LogP contribution in [0.3, 0.4) is 0 Å². The molecule has 3 aromatic carbocycles. The monoisotopic (exact) mass is 475 g/mol. The summed E-state index contributed by atoms with van der Waals surface area (Å²) in [4.78, 5) is 29.6. The second kappa shape index (κ2) is 10.4. The van der Waals surface area contributed by atoms with Gasteiger partial charge in [-0.05, 0) is 34.9 Å². The van der Waals surface area contributed by atoms with Gasteiger partial charge in [-0.3, -0.25) is 4.79 Å². The van der Waals surface area contributed by atoms with Gasteiger partial charge in [-0.2, -0.15) is 0 Å². The lowest BCUT2D eigenvalue weighted by Crippen LogP contribution is -2.61. The van der Waals surface area contributed by atoms with Crippen LogP contribution in [0.4, 0.5) is 4.79 Å². The summed E-state index contributed by atoms with van der Waals surface area (Å²) in [5, 5.41) is 7.47. The lowest BCUT2D eigenvalue weighted by Gasteiger charge is -2.33. The van der Waals surface area contributed by atoms with Crippen molar-refractivity contribution in [3.05, 3.63) is 107 Å². The maximum absolute atomic E-state index is 13.8. The summed E-state index contributed by atoms with van der Waals surface area (Å²) in [5.41, 5.74) is 2.38. The molecule has 4 rings (SSSR count). The second-order valence-electron chi connectivity index (χ2n) is 8.21. The number of carbonyl (C=O) groups is 2. The normalized spacial score (nSPS) is 12.6. The third-order valence-electron chi connectivity index (χ3n) is 5.84. The van der Waals surface area contributed by atoms with Crippen molar-refractivity contribution in [1.82, 2.24) is 15.6 Å². The van der Waals surface area contributed by atoms with Gasteiger partial charge in [-0.15, -0.1) is 0 Å². The number of fused-ring (bicyclic) bond motifs is 1. The molecule has 0 aliphatic rings. The minimum Gasteiger partial charge on any atom is -0.453 e. The molecular formula is C27H26ClN3O3. The topological polar surface area (TPSA) is 83.2 Å². The summed E-state index contributed by atoms with van der Waals surface area (Å²) in [6.45, 7) is 0.332. The van der Waals surface area contributed by atoms with E-state index in [-0.39, 0.29) is 18.7 Å². The number of aromatic amines is 1. The molecule has 6 nitrogen and oxygen atoms in total. The maximum Gasteiger partial charge on any atom is 0.407 e. The highest BCUT2D eigenvalue weighted by Crippen LogP contribution is 2.26. The van der Waals surface area contributed by atoms with Crippen LogP contribution in [-0.2, 0) is 28.9 Å². The van der Waals surface area contributed by atoms with E-state index in [1.54, 1.807) is 12.1 Å². The molecule has 0 radical (unpaired) electrons. The van der Waals surface area contributed by atoms with Crippen LogP contribution in [0.1, 0.15) is 16.7 Å². The molecule has 0 bridgehead atoms. The summed E-state index contributed by atoms with van der Waals surface area (Å²) in [7, 11) is 1.29. The molecule has 0 saturated carbocycles. The van der Waals surface area contributed by atoms with E-state index in [1.165, 1.54) is 7.11 Å². The number of carbonyl (C=O) groups excluding carboxylic acids is 2. The van der Waals surface area contributed by atoms with Crippen molar-refractivity contribution in [2.24, 2.45) is 0 Å². The molecular weight excluding hydrogens is 450 g/mol. The number of para-hydroxylation sites is 1. The van der Waals surface area contributed by atoms with Gasteiger partial charge in [0.1, 0.15) is 5.54 Å². The van der Waals surface area contributed by atoms with Crippen LogP contribution in [0.2, 0.25) is 5.02 Å². The highest BCUT2D eigenvalue weighted by atomic mass is 35.5. The molecule has 1 aromatic heterocycles. The first-order valence-corrected chi connectivity index (χ1v) is 11.3. The van der Waals surface area contributed by atoms with Crippen molar-refractivity contribution in [3.8, 4) is 0 Å². The zero-order chi connectivity index (χ0) is 24.0. The van der Waals surface area contributed by atoms with Crippen LogP contribution >= 0.6 is 11.6 Å². The number of methoxy groups -OCH3 is 1. The molecule has 3 N–H and O–H groups in total. The Morgan fingerprint density at radius 3 is 2.35 bits per heavy atom. The number of halogens is 1. The lowest BCUT2D eigenvalue weighted by atomic mass is 9.83. The van der Waals surface area contributed by atoms with Crippen LogP contribution < -0.4 is 10.6 Å². The smallest absolute Gasteiger partial charge is 0.407 e. The van der Waals surface area contributed by atoms with E-state index < -0.39 is 11.6 Å². The Hall–Kier alpha value is -3.77. The van der Waals surface area contributed by atoms with Crippen LogP contribution in [0, 0.1) is 0 Å². The fraction of sp³-hybridized carbons (Fsp3) is 0.185. The van der Waals surface area contributed by atoms with Crippen molar-refractivity contribution in [2.75, 3.05) is 7.11 Å². The third kappa shape index (κ3) is 5.41. The first-order valence-electron chi connectivity index (χ1n) is 11.0. The van der Waals surface area contributed by atoms with E-state index in [2.05, 4.69) is 15.6 Å². The van der Waals surface area contributed by atoms with Crippen LogP contribution in [0.5, 0.6) is 0 Å². The molecule has 0 saturated heterocycles. The molecule has 0 fully saturated rings. The molecule has 4 aromatic rings. The van der Waals surface area contributed by atoms with Gasteiger partial charge in [0.05, 0.1) is 7.11 Å². The molecule has 34 heavy (non-hydrogen) atoms. The molecule has 0 unspecified atom stereocenters. The van der Waals surface area contributed by atoms with Crippen molar-refractivity contribution in [2.45, 2.75) is 24.9 Å². The van der Waals surface area contributed by atoms with E-state index in [0.717, 1.165) is 27.6 Å². The standard InChI is InChI=1S/C27H26ClN3O3/c1-34-26(33)31-27(15-19-11-13-22(28)14-12-19,25(32)30-17-20-7-3-2-4-8-20)16-21-18-29-24-10-6-5-9-23(21)24/h2-14,18,29H,15-17H2,1H3,(H,30,32)(H,31,33)/t27-/m0/s1. The van der Waals surface area contributed by atoms with E-state index in [9.17, 15) is 9.59 Å². The van der Waals surface area contributed by atoms with Gasteiger partial charge in [0.25, 0.3) is 0 Å². The Kier molecular flexibility index (Phi) is 7.18. The van der Waals surface area contributed by atoms with Gasteiger partial charge in [0, 0.05) is 41.5 Å². The van der Waals surface area contributed by atoms with Gasteiger partial charge in [0.2, 0.25) is 5.91 Å². The van der Waals surface area contributed by atoms with Gasteiger partial charge in [-0.25, -0.2) is 4.79 Å². The van der Waals surface area contributed by atoms with E-state index >= 15 is 0 Å². The van der Waals surface area contributed by atoms with Gasteiger partial charge >= 0.3 is 6.09 Å².